The molecule has 0 aromatic heterocycles. The third kappa shape index (κ3) is 3.21. The van der Waals surface area contributed by atoms with Crippen LogP contribution in [0.2, 0.25) is 0 Å². The quantitative estimate of drug-likeness (QED) is 0.830. The van der Waals surface area contributed by atoms with Crippen LogP contribution in [0.5, 0.6) is 0 Å². The fourth-order valence-corrected chi connectivity index (χ4v) is 2.47. The van der Waals surface area contributed by atoms with Crippen LogP contribution in [0.4, 0.5) is 0 Å². The monoisotopic (exact) mass is 264 g/mol. The molecule has 1 heterocycles. The highest BCUT2D eigenvalue weighted by Crippen LogP contribution is 2.15. The summed E-state index contributed by atoms with van der Waals surface area (Å²) in [5, 5.41) is 0. The second-order valence-corrected chi connectivity index (χ2v) is 5.40. The third-order valence-electron chi connectivity index (χ3n) is 3.59. The molecule has 2 heteroatoms. The van der Waals surface area contributed by atoms with E-state index in [1.54, 1.807) is 0 Å². The molecule has 0 amide bonds. The van der Waals surface area contributed by atoms with Crippen molar-refractivity contribution in [3.05, 3.63) is 83.7 Å². The van der Waals surface area contributed by atoms with Crippen LogP contribution in [0.3, 0.4) is 0 Å². The Morgan fingerprint density at radius 1 is 0.750 bits per heavy atom. The number of hydrogen-bond donors (Lipinski definition) is 0. The summed E-state index contributed by atoms with van der Waals surface area (Å²) in [7, 11) is 0. The van der Waals surface area contributed by atoms with Crippen molar-refractivity contribution in [2.75, 3.05) is 6.67 Å². The number of benzene rings is 2. The largest absolute Gasteiger partial charge is 0.354 e. The summed E-state index contributed by atoms with van der Waals surface area (Å²) in [5.41, 5.74) is 4.03. The van der Waals surface area contributed by atoms with Crippen molar-refractivity contribution < 1.29 is 0 Å². The fraction of sp³-hybridized carbons (Fsp3) is 0.222. The zero-order valence-electron chi connectivity index (χ0n) is 11.9. The van der Waals surface area contributed by atoms with Gasteiger partial charge in [0, 0.05) is 25.5 Å². The maximum Gasteiger partial charge on any atom is 0.0900 e. The fourth-order valence-electron chi connectivity index (χ4n) is 2.47. The van der Waals surface area contributed by atoms with Crippen LogP contribution in [0.25, 0.3) is 0 Å². The molecule has 0 fully saturated rings. The van der Waals surface area contributed by atoms with Crippen molar-refractivity contribution in [3.63, 3.8) is 0 Å². The molecular weight excluding hydrogens is 244 g/mol. The van der Waals surface area contributed by atoms with E-state index in [0.717, 1.165) is 19.8 Å². The van der Waals surface area contributed by atoms with Gasteiger partial charge in [-0.05, 0) is 18.1 Å². The minimum atomic E-state index is 0.961. The lowest BCUT2D eigenvalue weighted by molar-refractivity contribution is 0.255. The van der Waals surface area contributed by atoms with E-state index >= 15 is 0 Å². The Kier molecular flexibility index (Phi) is 3.73. The Balaban J connectivity index is 1.55. The minimum Gasteiger partial charge on any atom is -0.354 e. The first-order chi connectivity index (χ1) is 9.79. The molecule has 2 aromatic rings. The van der Waals surface area contributed by atoms with E-state index in [2.05, 4.69) is 83.7 Å². The van der Waals surface area contributed by atoms with Gasteiger partial charge in [0.1, 0.15) is 0 Å². The highest BCUT2D eigenvalue weighted by Gasteiger charge is 2.12. The van der Waals surface area contributed by atoms with E-state index in [-0.39, 0.29) is 0 Å². The Hall–Kier alpha value is -2.22. The Labute approximate surface area is 121 Å². The van der Waals surface area contributed by atoms with Gasteiger partial charge < -0.3 is 9.80 Å². The van der Waals surface area contributed by atoms with Gasteiger partial charge in [-0.3, -0.25) is 0 Å². The molecule has 2 aromatic carbocycles. The lowest BCUT2D eigenvalue weighted by Gasteiger charge is -2.21. The predicted molar refractivity (Wildman–Crippen MR) is 82.7 cm³/mol. The molecule has 0 spiro atoms. The van der Waals surface area contributed by atoms with Gasteiger partial charge in [-0.2, -0.15) is 0 Å². The van der Waals surface area contributed by atoms with Crippen molar-refractivity contribution in [1.82, 2.24) is 9.80 Å². The summed E-state index contributed by atoms with van der Waals surface area (Å²) in [6, 6.07) is 19.4. The average molecular weight is 264 g/mol. The molecule has 0 N–H and O–H groups in total. The molecule has 0 aliphatic carbocycles. The van der Waals surface area contributed by atoms with Crippen molar-refractivity contribution in [3.8, 4) is 0 Å². The maximum atomic E-state index is 2.34. The first-order valence-corrected chi connectivity index (χ1v) is 7.05. The SMILES string of the molecule is Cc1ccc(CN2C=CN(Cc3ccccc3)C2)cc1. The Bertz CT molecular complexity index is 572. The van der Waals surface area contributed by atoms with Gasteiger partial charge in [-0.25, -0.2) is 0 Å². The first-order valence-electron chi connectivity index (χ1n) is 7.05. The smallest absolute Gasteiger partial charge is 0.0900 e. The van der Waals surface area contributed by atoms with Crippen molar-refractivity contribution in [2.24, 2.45) is 0 Å². The lowest BCUT2D eigenvalue weighted by Crippen LogP contribution is -2.24. The van der Waals surface area contributed by atoms with Gasteiger partial charge in [0.25, 0.3) is 0 Å². The van der Waals surface area contributed by atoms with E-state index < -0.39 is 0 Å². The van der Waals surface area contributed by atoms with E-state index in [9.17, 15) is 0 Å². The average Bonchev–Trinajstić information content (AvgIpc) is 2.90. The second kappa shape index (κ2) is 5.83. The molecule has 20 heavy (non-hydrogen) atoms. The summed E-state index contributed by atoms with van der Waals surface area (Å²) in [6.45, 7) is 5.04. The summed E-state index contributed by atoms with van der Waals surface area (Å²) in [4.78, 5) is 4.68. The van der Waals surface area contributed by atoms with Crippen LogP contribution in [-0.2, 0) is 13.1 Å². The number of hydrogen-bond acceptors (Lipinski definition) is 2. The number of rotatable bonds is 4. The first kappa shape index (κ1) is 12.8. The molecule has 0 radical (unpaired) electrons. The van der Waals surface area contributed by atoms with Crippen molar-refractivity contribution in [1.29, 1.82) is 0 Å². The lowest BCUT2D eigenvalue weighted by atomic mass is 10.1. The standard InChI is InChI=1S/C18H20N2/c1-16-7-9-18(10-8-16)14-20-12-11-19(15-20)13-17-5-3-2-4-6-17/h2-12H,13-15H2,1H3. The summed E-state index contributed by atoms with van der Waals surface area (Å²) in [6.07, 6.45) is 4.37. The molecule has 0 saturated heterocycles. The summed E-state index contributed by atoms with van der Waals surface area (Å²) in [5.74, 6) is 0. The van der Waals surface area contributed by atoms with E-state index in [1.807, 2.05) is 0 Å². The predicted octanol–water partition coefficient (Wildman–Crippen LogP) is 3.74. The van der Waals surface area contributed by atoms with Crippen molar-refractivity contribution >= 4 is 0 Å². The summed E-state index contributed by atoms with van der Waals surface area (Å²) >= 11 is 0. The topological polar surface area (TPSA) is 6.48 Å². The molecule has 0 bridgehead atoms. The highest BCUT2D eigenvalue weighted by molar-refractivity contribution is 5.21. The summed E-state index contributed by atoms with van der Waals surface area (Å²) < 4.78 is 0. The third-order valence-corrected chi connectivity index (χ3v) is 3.59. The maximum absolute atomic E-state index is 2.34. The van der Waals surface area contributed by atoms with Crippen LogP contribution in [0.15, 0.2) is 67.0 Å². The second-order valence-electron chi connectivity index (χ2n) is 5.40. The van der Waals surface area contributed by atoms with Crippen LogP contribution in [-0.4, -0.2) is 16.5 Å². The van der Waals surface area contributed by atoms with Crippen LogP contribution >= 0.6 is 0 Å². The normalized spacial score (nSPS) is 14.1. The number of nitrogens with zero attached hydrogens (tertiary/aromatic N) is 2. The molecule has 2 nitrogen and oxygen atoms in total. The zero-order chi connectivity index (χ0) is 13.8. The van der Waals surface area contributed by atoms with Gasteiger partial charge >= 0.3 is 0 Å². The molecule has 3 rings (SSSR count). The molecule has 0 atom stereocenters. The molecule has 1 aliphatic heterocycles. The molecule has 1 aliphatic rings. The van der Waals surface area contributed by atoms with Crippen LogP contribution in [0.1, 0.15) is 16.7 Å². The Morgan fingerprint density at radius 3 is 1.90 bits per heavy atom. The van der Waals surface area contributed by atoms with Crippen LogP contribution in [0, 0.1) is 6.92 Å². The molecule has 0 saturated carbocycles. The molecule has 0 unspecified atom stereocenters. The molecule has 102 valence electrons. The zero-order valence-corrected chi connectivity index (χ0v) is 11.9. The number of aryl methyl sites for hydroxylation is 1. The minimum absolute atomic E-state index is 0.961. The van der Waals surface area contributed by atoms with Crippen LogP contribution < -0.4 is 0 Å². The van der Waals surface area contributed by atoms with Gasteiger partial charge in [-0.15, -0.1) is 0 Å². The van der Waals surface area contributed by atoms with E-state index in [0.29, 0.717) is 0 Å². The van der Waals surface area contributed by atoms with E-state index in [4.69, 9.17) is 0 Å². The van der Waals surface area contributed by atoms with Gasteiger partial charge in [0.05, 0.1) is 6.67 Å². The van der Waals surface area contributed by atoms with Gasteiger partial charge in [-0.1, -0.05) is 60.2 Å². The van der Waals surface area contributed by atoms with Gasteiger partial charge in [0.15, 0.2) is 0 Å². The van der Waals surface area contributed by atoms with E-state index in [1.165, 1.54) is 16.7 Å². The Morgan fingerprint density at radius 2 is 1.30 bits per heavy atom. The molecular formula is C18H20N2. The van der Waals surface area contributed by atoms with Gasteiger partial charge in [0.2, 0.25) is 0 Å². The highest BCUT2D eigenvalue weighted by atomic mass is 15.3. The van der Waals surface area contributed by atoms with Crippen molar-refractivity contribution in [2.45, 2.75) is 20.0 Å².